The van der Waals surface area contributed by atoms with Crippen LogP contribution in [0.25, 0.3) is 5.57 Å². The molecule has 1 nitrogen and oxygen atoms in total. The average Bonchev–Trinajstić information content (AvgIpc) is 2.48. The van der Waals surface area contributed by atoms with E-state index in [0.717, 1.165) is 18.6 Å². The Balaban J connectivity index is 1.93. The van der Waals surface area contributed by atoms with E-state index in [0.29, 0.717) is 5.92 Å². The second kappa shape index (κ2) is 4.93. The molecular weight excluding hydrogens is 232 g/mol. The molecule has 0 aliphatic heterocycles. The van der Waals surface area contributed by atoms with Crippen LogP contribution in [0.3, 0.4) is 0 Å². The molecule has 2 aromatic rings. The Labute approximate surface area is 114 Å². The summed E-state index contributed by atoms with van der Waals surface area (Å²) in [6, 6.07) is 17.0. The van der Waals surface area contributed by atoms with Crippen molar-refractivity contribution in [1.29, 1.82) is 0 Å². The quantitative estimate of drug-likeness (QED) is 0.765. The Bertz CT molecular complexity index is 595. The van der Waals surface area contributed by atoms with E-state index in [-0.39, 0.29) is 0 Å². The highest BCUT2D eigenvalue weighted by Gasteiger charge is 2.23. The summed E-state index contributed by atoms with van der Waals surface area (Å²) in [4.78, 5) is 0. The van der Waals surface area contributed by atoms with Crippen LogP contribution in [0, 0.1) is 0 Å². The summed E-state index contributed by atoms with van der Waals surface area (Å²) in [5.41, 5.74) is 5.33. The van der Waals surface area contributed by atoms with E-state index >= 15 is 0 Å². The lowest BCUT2D eigenvalue weighted by molar-refractivity contribution is 0.414. The topological polar surface area (TPSA) is 9.23 Å². The van der Waals surface area contributed by atoms with E-state index in [1.165, 1.54) is 22.3 Å². The van der Waals surface area contributed by atoms with Crippen LogP contribution in [0.2, 0.25) is 0 Å². The van der Waals surface area contributed by atoms with Gasteiger partial charge in [0.05, 0.1) is 7.11 Å². The first-order chi connectivity index (χ1) is 9.29. The zero-order chi connectivity index (χ0) is 13.2. The van der Waals surface area contributed by atoms with Crippen molar-refractivity contribution in [3.05, 3.63) is 71.8 Å². The molecule has 0 heterocycles. The molecule has 0 unspecified atom stereocenters. The van der Waals surface area contributed by atoms with Crippen molar-refractivity contribution in [2.45, 2.75) is 18.8 Å². The van der Waals surface area contributed by atoms with Gasteiger partial charge in [0, 0.05) is 5.92 Å². The predicted molar refractivity (Wildman–Crippen MR) is 79.5 cm³/mol. The van der Waals surface area contributed by atoms with E-state index in [1.807, 2.05) is 12.1 Å². The molecule has 0 bridgehead atoms. The van der Waals surface area contributed by atoms with Crippen LogP contribution in [0.15, 0.2) is 55.1 Å². The van der Waals surface area contributed by atoms with Crippen LogP contribution in [0.1, 0.15) is 29.0 Å². The number of hydrogen-bond donors (Lipinski definition) is 0. The van der Waals surface area contributed by atoms with Gasteiger partial charge in [0.2, 0.25) is 0 Å². The van der Waals surface area contributed by atoms with Crippen molar-refractivity contribution in [2.24, 2.45) is 0 Å². The van der Waals surface area contributed by atoms with Gasteiger partial charge in [-0.05, 0) is 47.2 Å². The largest absolute Gasteiger partial charge is 0.497 e. The zero-order valence-electron chi connectivity index (χ0n) is 11.2. The lowest BCUT2D eigenvalue weighted by Gasteiger charge is -2.27. The molecule has 0 N–H and O–H groups in total. The second-order valence-corrected chi connectivity index (χ2v) is 5.05. The molecule has 0 fully saturated rings. The number of fused-ring (bicyclic) bond motifs is 1. The van der Waals surface area contributed by atoms with Crippen LogP contribution < -0.4 is 4.74 Å². The number of benzene rings is 2. The molecule has 3 rings (SSSR count). The Morgan fingerprint density at radius 3 is 2.53 bits per heavy atom. The van der Waals surface area contributed by atoms with Crippen molar-refractivity contribution in [3.8, 4) is 5.75 Å². The third kappa shape index (κ3) is 2.17. The van der Waals surface area contributed by atoms with Crippen molar-refractivity contribution < 1.29 is 4.74 Å². The van der Waals surface area contributed by atoms with Gasteiger partial charge >= 0.3 is 0 Å². The van der Waals surface area contributed by atoms with Gasteiger partial charge in [-0.2, -0.15) is 0 Å². The van der Waals surface area contributed by atoms with Gasteiger partial charge in [0.25, 0.3) is 0 Å². The Hall–Kier alpha value is -2.02. The van der Waals surface area contributed by atoms with Crippen molar-refractivity contribution in [2.75, 3.05) is 7.11 Å². The summed E-state index contributed by atoms with van der Waals surface area (Å²) in [5, 5.41) is 0. The van der Waals surface area contributed by atoms with Crippen molar-refractivity contribution in [3.63, 3.8) is 0 Å². The SMILES string of the molecule is C=C1c2ccccc2CC[C@H]1c1ccc(OC)cc1. The molecule has 0 spiro atoms. The van der Waals surface area contributed by atoms with Crippen LogP contribution >= 0.6 is 0 Å². The van der Waals surface area contributed by atoms with E-state index in [4.69, 9.17) is 4.74 Å². The molecule has 1 aliphatic carbocycles. The van der Waals surface area contributed by atoms with Gasteiger partial charge in [-0.1, -0.05) is 43.0 Å². The van der Waals surface area contributed by atoms with Gasteiger partial charge in [0.15, 0.2) is 0 Å². The number of ether oxygens (including phenoxy) is 1. The highest BCUT2D eigenvalue weighted by molar-refractivity contribution is 5.73. The Morgan fingerprint density at radius 1 is 1.05 bits per heavy atom. The molecule has 0 aromatic heterocycles. The Morgan fingerprint density at radius 2 is 1.79 bits per heavy atom. The standard InChI is InChI=1S/C18H18O/c1-13-17-6-4-3-5-14(17)9-12-18(13)15-7-10-16(19-2)11-8-15/h3-8,10-11,18H,1,9,12H2,2H3/t18-/m1/s1. The van der Waals surface area contributed by atoms with Crippen molar-refractivity contribution in [1.82, 2.24) is 0 Å². The summed E-state index contributed by atoms with van der Waals surface area (Å²) in [5.74, 6) is 1.34. The Kier molecular flexibility index (Phi) is 3.12. The maximum atomic E-state index is 5.22. The fraction of sp³-hybridized carbons (Fsp3) is 0.222. The molecule has 1 aliphatic rings. The summed E-state index contributed by atoms with van der Waals surface area (Å²) in [6.45, 7) is 4.32. The maximum Gasteiger partial charge on any atom is 0.118 e. The number of aryl methyl sites for hydroxylation is 1. The first-order valence-electron chi connectivity index (χ1n) is 6.70. The minimum Gasteiger partial charge on any atom is -0.497 e. The van der Waals surface area contributed by atoms with Gasteiger partial charge in [-0.25, -0.2) is 0 Å². The summed E-state index contributed by atoms with van der Waals surface area (Å²) in [6.07, 6.45) is 2.27. The third-order valence-electron chi connectivity index (χ3n) is 4.00. The summed E-state index contributed by atoms with van der Waals surface area (Å²) in [7, 11) is 1.70. The second-order valence-electron chi connectivity index (χ2n) is 5.05. The minimum atomic E-state index is 0.431. The normalized spacial score (nSPS) is 17.9. The first kappa shape index (κ1) is 12.0. The van der Waals surface area contributed by atoms with E-state index in [2.05, 4.69) is 43.0 Å². The van der Waals surface area contributed by atoms with Crippen LogP contribution in [0.4, 0.5) is 0 Å². The number of methoxy groups -OCH3 is 1. The average molecular weight is 250 g/mol. The molecule has 0 saturated carbocycles. The van der Waals surface area contributed by atoms with Gasteiger partial charge < -0.3 is 4.74 Å². The highest BCUT2D eigenvalue weighted by atomic mass is 16.5. The third-order valence-corrected chi connectivity index (χ3v) is 4.00. The molecule has 19 heavy (non-hydrogen) atoms. The molecule has 0 amide bonds. The molecule has 0 saturated heterocycles. The maximum absolute atomic E-state index is 5.22. The van der Waals surface area contributed by atoms with E-state index in [9.17, 15) is 0 Å². The molecule has 1 atom stereocenters. The zero-order valence-corrected chi connectivity index (χ0v) is 11.2. The molecule has 96 valence electrons. The lowest BCUT2D eigenvalue weighted by Crippen LogP contribution is -2.11. The van der Waals surface area contributed by atoms with Crippen LogP contribution in [0.5, 0.6) is 5.75 Å². The van der Waals surface area contributed by atoms with Gasteiger partial charge in [-0.3, -0.25) is 0 Å². The van der Waals surface area contributed by atoms with Crippen LogP contribution in [-0.2, 0) is 6.42 Å². The molecule has 1 heteroatoms. The number of rotatable bonds is 2. The lowest BCUT2D eigenvalue weighted by atomic mass is 9.77. The summed E-state index contributed by atoms with van der Waals surface area (Å²) >= 11 is 0. The molecule has 2 aromatic carbocycles. The fourth-order valence-electron chi connectivity index (χ4n) is 2.92. The smallest absolute Gasteiger partial charge is 0.118 e. The number of allylic oxidation sites excluding steroid dienone is 1. The fourth-order valence-corrected chi connectivity index (χ4v) is 2.92. The first-order valence-corrected chi connectivity index (χ1v) is 6.70. The predicted octanol–water partition coefficient (Wildman–Crippen LogP) is 4.44. The van der Waals surface area contributed by atoms with Gasteiger partial charge in [-0.15, -0.1) is 0 Å². The highest BCUT2D eigenvalue weighted by Crippen LogP contribution is 2.40. The monoisotopic (exact) mass is 250 g/mol. The summed E-state index contributed by atoms with van der Waals surface area (Å²) < 4.78 is 5.22. The van der Waals surface area contributed by atoms with E-state index < -0.39 is 0 Å². The minimum absolute atomic E-state index is 0.431. The molecule has 0 radical (unpaired) electrons. The number of hydrogen-bond acceptors (Lipinski definition) is 1. The molecular formula is C18H18O. The van der Waals surface area contributed by atoms with Crippen LogP contribution in [-0.4, -0.2) is 7.11 Å². The van der Waals surface area contributed by atoms with Gasteiger partial charge in [0.1, 0.15) is 5.75 Å². The van der Waals surface area contributed by atoms with Crippen molar-refractivity contribution >= 4 is 5.57 Å². The van der Waals surface area contributed by atoms with E-state index in [1.54, 1.807) is 7.11 Å².